The lowest BCUT2D eigenvalue weighted by atomic mass is 9.96. The maximum atomic E-state index is 12.3. The normalized spacial score (nSPS) is 15.3. The van der Waals surface area contributed by atoms with Crippen molar-refractivity contribution in [3.63, 3.8) is 0 Å². The molecule has 0 amide bonds. The maximum absolute atomic E-state index is 12.3. The van der Waals surface area contributed by atoms with E-state index in [0.717, 1.165) is 0 Å². The molecule has 1 atom stereocenters. The van der Waals surface area contributed by atoms with Crippen LogP contribution in [0, 0.1) is 5.92 Å². The monoisotopic (exact) mass is 261 g/mol. The number of imidazole rings is 1. The summed E-state index contributed by atoms with van der Waals surface area (Å²) in [5.74, 6) is -3.57. The van der Waals surface area contributed by atoms with E-state index in [1.165, 1.54) is 12.4 Å². The second-order valence-corrected chi connectivity index (χ2v) is 3.46. The van der Waals surface area contributed by atoms with E-state index in [0.29, 0.717) is 0 Å². The molecule has 9 heteroatoms. The van der Waals surface area contributed by atoms with Gasteiger partial charge in [0.2, 0.25) is 0 Å². The van der Waals surface area contributed by atoms with Gasteiger partial charge in [-0.15, -0.1) is 0 Å². The van der Waals surface area contributed by atoms with E-state index in [2.05, 4.69) is 9.97 Å². The van der Waals surface area contributed by atoms with Crippen LogP contribution in [0.4, 0.5) is 26.3 Å². The summed E-state index contributed by atoms with van der Waals surface area (Å²) >= 11 is 0. The molecule has 1 aromatic rings. The minimum Gasteiger partial charge on any atom is -0.349 e. The summed E-state index contributed by atoms with van der Waals surface area (Å²) in [6, 6.07) is -2.12. The van der Waals surface area contributed by atoms with Gasteiger partial charge in [-0.2, -0.15) is 26.3 Å². The van der Waals surface area contributed by atoms with Crippen molar-refractivity contribution in [2.24, 2.45) is 11.7 Å². The summed E-state index contributed by atoms with van der Waals surface area (Å²) in [7, 11) is 0. The zero-order valence-electron chi connectivity index (χ0n) is 8.31. The first-order valence-electron chi connectivity index (χ1n) is 4.49. The van der Waals surface area contributed by atoms with Crippen molar-refractivity contribution in [3.05, 3.63) is 18.2 Å². The van der Waals surface area contributed by atoms with Gasteiger partial charge >= 0.3 is 12.4 Å². The van der Waals surface area contributed by atoms with Crippen LogP contribution in [0.2, 0.25) is 0 Å². The number of nitrogens with zero attached hydrogens (tertiary/aromatic N) is 1. The number of alkyl halides is 6. The summed E-state index contributed by atoms with van der Waals surface area (Å²) in [4.78, 5) is 5.93. The van der Waals surface area contributed by atoms with Crippen LogP contribution in [0.1, 0.15) is 5.82 Å². The number of H-pyrrole nitrogens is 1. The molecule has 0 aliphatic carbocycles. The van der Waals surface area contributed by atoms with E-state index >= 15 is 0 Å². The number of hydrogen-bond acceptors (Lipinski definition) is 2. The number of rotatable bonds is 3. The lowest BCUT2D eigenvalue weighted by Crippen LogP contribution is -2.49. The first-order valence-corrected chi connectivity index (χ1v) is 4.49. The molecule has 0 saturated carbocycles. The molecular weight excluding hydrogens is 252 g/mol. The van der Waals surface area contributed by atoms with Crippen LogP contribution in [0.15, 0.2) is 12.4 Å². The molecule has 3 N–H and O–H groups in total. The van der Waals surface area contributed by atoms with Crippen LogP contribution >= 0.6 is 0 Å². The van der Waals surface area contributed by atoms with Gasteiger partial charge in [0.1, 0.15) is 5.82 Å². The summed E-state index contributed by atoms with van der Waals surface area (Å²) in [6.07, 6.45) is -8.97. The number of aromatic amines is 1. The Morgan fingerprint density at radius 3 is 2.06 bits per heavy atom. The van der Waals surface area contributed by atoms with Gasteiger partial charge < -0.3 is 10.7 Å². The Labute approximate surface area is 92.0 Å². The van der Waals surface area contributed by atoms with Gasteiger partial charge in [-0.1, -0.05) is 0 Å². The molecule has 1 heterocycles. The van der Waals surface area contributed by atoms with E-state index < -0.39 is 30.7 Å². The lowest BCUT2D eigenvalue weighted by Gasteiger charge is -2.27. The van der Waals surface area contributed by atoms with Crippen LogP contribution in [-0.4, -0.2) is 28.4 Å². The SMILES string of the molecule is NC(Cc1ncc[nH]1)C(C(F)(F)F)C(F)(F)F. The van der Waals surface area contributed by atoms with Crippen LogP contribution in [0.3, 0.4) is 0 Å². The standard InChI is InChI=1S/C8H9F6N3/c9-7(10,11)6(8(12,13)14)4(15)3-5-16-1-2-17-5/h1-2,4,6H,3,15H2,(H,16,17). The predicted molar refractivity (Wildman–Crippen MR) is 45.9 cm³/mol. The zero-order chi connectivity index (χ0) is 13.3. The van der Waals surface area contributed by atoms with Gasteiger partial charge in [0, 0.05) is 24.9 Å². The van der Waals surface area contributed by atoms with Crippen molar-refractivity contribution in [3.8, 4) is 0 Å². The van der Waals surface area contributed by atoms with E-state index in [4.69, 9.17) is 5.73 Å². The highest BCUT2D eigenvalue weighted by atomic mass is 19.4. The Morgan fingerprint density at radius 1 is 1.18 bits per heavy atom. The molecule has 0 radical (unpaired) electrons. The maximum Gasteiger partial charge on any atom is 0.402 e. The third-order valence-electron chi connectivity index (χ3n) is 2.12. The molecule has 98 valence electrons. The molecule has 1 unspecified atom stereocenters. The Bertz CT molecular complexity index is 327. The highest BCUT2D eigenvalue weighted by molar-refractivity contribution is 4.95. The largest absolute Gasteiger partial charge is 0.402 e. The summed E-state index contributed by atoms with van der Waals surface area (Å²) in [5.41, 5.74) is 4.98. The molecule has 0 aromatic carbocycles. The lowest BCUT2D eigenvalue weighted by molar-refractivity contribution is -0.289. The van der Waals surface area contributed by atoms with Crippen molar-refractivity contribution in [1.29, 1.82) is 0 Å². The fourth-order valence-corrected chi connectivity index (χ4v) is 1.42. The molecule has 0 aliphatic rings. The second kappa shape index (κ2) is 4.55. The number of nitrogens with two attached hydrogens (primary N) is 1. The van der Waals surface area contributed by atoms with Crippen molar-refractivity contribution >= 4 is 0 Å². The van der Waals surface area contributed by atoms with Gasteiger partial charge in [-0.05, 0) is 0 Å². The highest BCUT2D eigenvalue weighted by Crippen LogP contribution is 2.41. The van der Waals surface area contributed by atoms with Crippen molar-refractivity contribution < 1.29 is 26.3 Å². The summed E-state index contributed by atoms with van der Waals surface area (Å²) in [5, 5.41) is 0. The van der Waals surface area contributed by atoms with Crippen LogP contribution in [-0.2, 0) is 6.42 Å². The number of hydrogen-bond donors (Lipinski definition) is 2. The van der Waals surface area contributed by atoms with E-state index in [9.17, 15) is 26.3 Å². The Morgan fingerprint density at radius 2 is 1.71 bits per heavy atom. The molecular formula is C8H9F6N3. The van der Waals surface area contributed by atoms with Crippen molar-refractivity contribution in [2.75, 3.05) is 0 Å². The van der Waals surface area contributed by atoms with Gasteiger partial charge in [0.15, 0.2) is 5.92 Å². The van der Waals surface area contributed by atoms with Gasteiger partial charge in [0.25, 0.3) is 0 Å². The van der Waals surface area contributed by atoms with Crippen LogP contribution in [0.25, 0.3) is 0 Å². The zero-order valence-corrected chi connectivity index (χ0v) is 8.31. The average Bonchev–Trinajstić information content (AvgIpc) is 2.49. The fourth-order valence-electron chi connectivity index (χ4n) is 1.42. The minimum atomic E-state index is -5.43. The quantitative estimate of drug-likeness (QED) is 0.818. The molecule has 3 nitrogen and oxygen atoms in total. The highest BCUT2D eigenvalue weighted by Gasteiger charge is 2.59. The molecule has 0 fully saturated rings. The van der Waals surface area contributed by atoms with E-state index in [-0.39, 0.29) is 5.82 Å². The first-order chi connectivity index (χ1) is 7.62. The van der Waals surface area contributed by atoms with E-state index in [1.807, 2.05) is 0 Å². The molecule has 0 bridgehead atoms. The third kappa shape index (κ3) is 3.62. The predicted octanol–water partition coefficient (Wildman–Crippen LogP) is 2.02. The average molecular weight is 261 g/mol. The Hall–Kier alpha value is -1.25. The molecule has 0 aliphatic heterocycles. The third-order valence-corrected chi connectivity index (χ3v) is 2.12. The molecule has 0 saturated heterocycles. The van der Waals surface area contributed by atoms with E-state index in [1.54, 1.807) is 0 Å². The van der Waals surface area contributed by atoms with Crippen molar-refractivity contribution in [2.45, 2.75) is 24.8 Å². The second-order valence-electron chi connectivity index (χ2n) is 3.46. The molecule has 0 spiro atoms. The molecule has 1 rings (SSSR count). The number of halogens is 6. The summed E-state index contributed by atoms with van der Waals surface area (Å²) < 4.78 is 73.6. The summed E-state index contributed by atoms with van der Waals surface area (Å²) in [6.45, 7) is 0. The number of nitrogens with one attached hydrogen (secondary N) is 1. The molecule has 1 aromatic heterocycles. The van der Waals surface area contributed by atoms with Gasteiger partial charge in [-0.25, -0.2) is 4.98 Å². The van der Waals surface area contributed by atoms with Gasteiger partial charge in [-0.3, -0.25) is 0 Å². The smallest absolute Gasteiger partial charge is 0.349 e. The Balaban J connectivity index is 2.84. The van der Waals surface area contributed by atoms with Gasteiger partial charge in [0.05, 0.1) is 0 Å². The number of aromatic nitrogens is 2. The topological polar surface area (TPSA) is 54.7 Å². The first kappa shape index (κ1) is 13.8. The Kier molecular flexibility index (Phi) is 3.70. The van der Waals surface area contributed by atoms with Crippen LogP contribution in [0.5, 0.6) is 0 Å². The fraction of sp³-hybridized carbons (Fsp3) is 0.625. The molecule has 17 heavy (non-hydrogen) atoms. The van der Waals surface area contributed by atoms with Crippen molar-refractivity contribution in [1.82, 2.24) is 9.97 Å². The van der Waals surface area contributed by atoms with Crippen LogP contribution < -0.4 is 5.73 Å². The minimum absolute atomic E-state index is 0.0176.